The molecule has 20 heavy (non-hydrogen) atoms. The van der Waals surface area contributed by atoms with Crippen molar-refractivity contribution < 1.29 is 4.79 Å². The molecule has 6 heteroatoms. The fourth-order valence-corrected chi connectivity index (χ4v) is 1.99. The van der Waals surface area contributed by atoms with Gasteiger partial charge in [0.15, 0.2) is 0 Å². The molecule has 0 aliphatic carbocycles. The van der Waals surface area contributed by atoms with Crippen molar-refractivity contribution in [2.45, 2.75) is 33.4 Å². The minimum absolute atomic E-state index is 0. The van der Waals surface area contributed by atoms with Gasteiger partial charge in [0.1, 0.15) is 0 Å². The van der Waals surface area contributed by atoms with Crippen LogP contribution in [0.3, 0.4) is 0 Å². The first-order valence-electron chi connectivity index (χ1n) is 6.56. The van der Waals surface area contributed by atoms with E-state index in [0.717, 1.165) is 17.6 Å². The van der Waals surface area contributed by atoms with Crippen LogP contribution in [0, 0.1) is 5.92 Å². The zero-order valence-electron chi connectivity index (χ0n) is 12.0. The molecule has 1 heterocycles. The van der Waals surface area contributed by atoms with E-state index in [0.29, 0.717) is 5.95 Å². The molecule has 1 amide bonds. The Morgan fingerprint density at radius 3 is 2.65 bits per heavy atom. The van der Waals surface area contributed by atoms with Gasteiger partial charge in [0.25, 0.3) is 0 Å². The fraction of sp³-hybridized carbons (Fsp3) is 0.429. The fourth-order valence-electron chi connectivity index (χ4n) is 1.99. The quantitative estimate of drug-likeness (QED) is 0.910. The first-order chi connectivity index (χ1) is 9.04. The summed E-state index contributed by atoms with van der Waals surface area (Å²) in [7, 11) is 0. The van der Waals surface area contributed by atoms with E-state index in [9.17, 15) is 4.79 Å². The molecule has 5 nitrogen and oxygen atoms in total. The van der Waals surface area contributed by atoms with Crippen LogP contribution in [0.4, 0.5) is 5.95 Å². The van der Waals surface area contributed by atoms with Crippen LogP contribution in [-0.4, -0.2) is 21.5 Å². The van der Waals surface area contributed by atoms with E-state index in [1.165, 1.54) is 0 Å². The number of benzene rings is 1. The maximum absolute atomic E-state index is 12.0. The SMILES string of the molecule is CCn1c(NC(=O)[C@@H](N)C(C)C)nc2ccccc21.Cl. The Bertz CT molecular complexity index is 594. The molecule has 3 N–H and O–H groups in total. The number of para-hydroxylation sites is 2. The molecule has 0 saturated carbocycles. The third-order valence-corrected chi connectivity index (χ3v) is 3.23. The Hall–Kier alpha value is -1.59. The second-order valence-corrected chi connectivity index (χ2v) is 4.93. The highest BCUT2D eigenvalue weighted by Crippen LogP contribution is 2.19. The highest BCUT2D eigenvalue weighted by Gasteiger charge is 2.19. The number of carbonyl (C=O) groups is 1. The van der Waals surface area contributed by atoms with E-state index in [2.05, 4.69) is 10.3 Å². The van der Waals surface area contributed by atoms with Gasteiger partial charge in [-0.05, 0) is 25.0 Å². The number of rotatable bonds is 4. The van der Waals surface area contributed by atoms with Crippen LogP contribution in [0.2, 0.25) is 0 Å². The first-order valence-corrected chi connectivity index (χ1v) is 6.56. The number of halogens is 1. The summed E-state index contributed by atoms with van der Waals surface area (Å²) in [6.07, 6.45) is 0. The second kappa shape index (κ2) is 6.72. The Morgan fingerprint density at radius 1 is 1.40 bits per heavy atom. The van der Waals surface area contributed by atoms with Crippen LogP contribution < -0.4 is 11.1 Å². The van der Waals surface area contributed by atoms with Gasteiger partial charge in [0.05, 0.1) is 17.1 Å². The average Bonchev–Trinajstić information content (AvgIpc) is 2.74. The molecule has 110 valence electrons. The number of fused-ring (bicyclic) bond motifs is 1. The summed E-state index contributed by atoms with van der Waals surface area (Å²) in [5.41, 5.74) is 7.73. The summed E-state index contributed by atoms with van der Waals surface area (Å²) in [6, 6.07) is 7.29. The number of hydrogen-bond donors (Lipinski definition) is 2. The van der Waals surface area contributed by atoms with Gasteiger partial charge >= 0.3 is 0 Å². The van der Waals surface area contributed by atoms with E-state index >= 15 is 0 Å². The van der Waals surface area contributed by atoms with Gasteiger partial charge < -0.3 is 10.3 Å². The maximum atomic E-state index is 12.0. The number of nitrogens with one attached hydrogen (secondary N) is 1. The number of amides is 1. The molecule has 0 bridgehead atoms. The van der Waals surface area contributed by atoms with Crippen LogP contribution in [-0.2, 0) is 11.3 Å². The van der Waals surface area contributed by atoms with E-state index in [1.807, 2.05) is 49.6 Å². The molecule has 2 aromatic rings. The highest BCUT2D eigenvalue weighted by atomic mass is 35.5. The molecule has 1 aromatic carbocycles. The Balaban J connectivity index is 0.00000200. The summed E-state index contributed by atoms with van der Waals surface area (Å²) >= 11 is 0. The van der Waals surface area contributed by atoms with Crippen LogP contribution in [0.25, 0.3) is 11.0 Å². The van der Waals surface area contributed by atoms with Crippen molar-refractivity contribution in [2.24, 2.45) is 11.7 Å². The molecule has 0 radical (unpaired) electrons. The molecule has 0 aliphatic heterocycles. The summed E-state index contributed by atoms with van der Waals surface area (Å²) in [5.74, 6) is 0.462. The molecule has 2 rings (SSSR count). The Labute approximate surface area is 125 Å². The predicted octanol–water partition coefficient (Wildman–Crippen LogP) is 2.40. The van der Waals surface area contributed by atoms with Crippen molar-refractivity contribution in [3.63, 3.8) is 0 Å². The third kappa shape index (κ3) is 3.11. The molecular weight excluding hydrogens is 276 g/mol. The van der Waals surface area contributed by atoms with Crippen LogP contribution in [0.5, 0.6) is 0 Å². The van der Waals surface area contributed by atoms with Crippen molar-refractivity contribution in [2.75, 3.05) is 5.32 Å². The van der Waals surface area contributed by atoms with Gasteiger partial charge in [-0.2, -0.15) is 0 Å². The van der Waals surface area contributed by atoms with E-state index in [4.69, 9.17) is 5.73 Å². The summed E-state index contributed by atoms with van der Waals surface area (Å²) in [5, 5.41) is 2.82. The Kier molecular flexibility index (Phi) is 5.53. The number of nitrogens with zero attached hydrogens (tertiary/aromatic N) is 2. The van der Waals surface area contributed by atoms with Crippen molar-refractivity contribution in [1.29, 1.82) is 0 Å². The van der Waals surface area contributed by atoms with Crippen molar-refractivity contribution in [3.8, 4) is 0 Å². The molecule has 0 saturated heterocycles. The number of aryl methyl sites for hydroxylation is 1. The van der Waals surface area contributed by atoms with Gasteiger partial charge in [0, 0.05) is 6.54 Å². The molecule has 0 spiro atoms. The lowest BCUT2D eigenvalue weighted by molar-refractivity contribution is -0.118. The largest absolute Gasteiger partial charge is 0.320 e. The number of hydrogen-bond acceptors (Lipinski definition) is 3. The first kappa shape index (κ1) is 16.5. The lowest BCUT2D eigenvalue weighted by Crippen LogP contribution is -2.40. The van der Waals surface area contributed by atoms with Gasteiger partial charge in [-0.1, -0.05) is 26.0 Å². The average molecular weight is 297 g/mol. The highest BCUT2D eigenvalue weighted by molar-refractivity contribution is 5.95. The lowest BCUT2D eigenvalue weighted by Gasteiger charge is -2.15. The zero-order chi connectivity index (χ0) is 14.0. The molecule has 0 aliphatic rings. The summed E-state index contributed by atoms with van der Waals surface area (Å²) in [6.45, 7) is 6.61. The van der Waals surface area contributed by atoms with E-state index in [1.54, 1.807) is 0 Å². The number of nitrogens with two attached hydrogens (primary N) is 1. The number of anilines is 1. The van der Waals surface area contributed by atoms with Crippen molar-refractivity contribution in [3.05, 3.63) is 24.3 Å². The molecule has 0 unspecified atom stereocenters. The molecular formula is C14H21ClN4O. The minimum atomic E-state index is -0.523. The van der Waals surface area contributed by atoms with E-state index < -0.39 is 6.04 Å². The number of carbonyl (C=O) groups excluding carboxylic acids is 1. The summed E-state index contributed by atoms with van der Waals surface area (Å²) in [4.78, 5) is 16.5. The standard InChI is InChI=1S/C14H20N4O.ClH/c1-4-18-11-8-6-5-7-10(11)16-14(18)17-13(19)12(15)9(2)3;/h5-9,12H,4,15H2,1-3H3,(H,16,17,19);1H/t12-;/m0./s1. The topological polar surface area (TPSA) is 72.9 Å². The Morgan fingerprint density at radius 2 is 2.05 bits per heavy atom. The maximum Gasteiger partial charge on any atom is 0.243 e. The van der Waals surface area contributed by atoms with Crippen LogP contribution in [0.1, 0.15) is 20.8 Å². The van der Waals surface area contributed by atoms with Crippen LogP contribution >= 0.6 is 12.4 Å². The van der Waals surface area contributed by atoms with Crippen molar-refractivity contribution >= 4 is 35.3 Å². The summed E-state index contributed by atoms with van der Waals surface area (Å²) < 4.78 is 1.97. The smallest absolute Gasteiger partial charge is 0.243 e. The van der Waals surface area contributed by atoms with Gasteiger partial charge in [0.2, 0.25) is 11.9 Å². The minimum Gasteiger partial charge on any atom is -0.320 e. The monoisotopic (exact) mass is 296 g/mol. The number of aromatic nitrogens is 2. The van der Waals surface area contributed by atoms with E-state index in [-0.39, 0.29) is 24.2 Å². The number of imidazole rings is 1. The van der Waals surface area contributed by atoms with Crippen LogP contribution in [0.15, 0.2) is 24.3 Å². The van der Waals surface area contributed by atoms with Gasteiger partial charge in [-0.25, -0.2) is 4.98 Å². The van der Waals surface area contributed by atoms with Gasteiger partial charge in [-0.3, -0.25) is 10.1 Å². The zero-order valence-corrected chi connectivity index (χ0v) is 12.8. The third-order valence-electron chi connectivity index (χ3n) is 3.23. The predicted molar refractivity (Wildman–Crippen MR) is 84.1 cm³/mol. The molecule has 0 fully saturated rings. The molecule has 1 atom stereocenters. The lowest BCUT2D eigenvalue weighted by atomic mass is 10.1. The van der Waals surface area contributed by atoms with Crippen molar-refractivity contribution in [1.82, 2.24) is 9.55 Å². The normalized spacial score (nSPS) is 12.2. The van der Waals surface area contributed by atoms with Gasteiger partial charge in [-0.15, -0.1) is 12.4 Å². The molecule has 1 aromatic heterocycles. The second-order valence-electron chi connectivity index (χ2n) is 4.93.